The highest BCUT2D eigenvalue weighted by Gasteiger charge is 1.94. The summed E-state index contributed by atoms with van der Waals surface area (Å²) in [6, 6.07) is 8.64. The molecule has 0 heterocycles. The number of nitrogens with one attached hydrogen (secondary N) is 1. The Labute approximate surface area is 90.6 Å². The summed E-state index contributed by atoms with van der Waals surface area (Å²) in [7, 11) is 0. The van der Waals surface area contributed by atoms with Crippen LogP contribution in [0.15, 0.2) is 41.8 Å². The molecule has 1 rings (SSSR count). The summed E-state index contributed by atoms with van der Waals surface area (Å²) >= 11 is 1.82. The van der Waals surface area contributed by atoms with Crippen LogP contribution in [-0.2, 0) is 6.54 Å². The van der Waals surface area contributed by atoms with Crippen molar-refractivity contribution in [2.45, 2.75) is 18.4 Å². The highest BCUT2D eigenvalue weighted by molar-refractivity contribution is 7.99. The van der Waals surface area contributed by atoms with Crippen LogP contribution >= 0.6 is 11.8 Å². The first kappa shape index (κ1) is 11.3. The Morgan fingerprint density at radius 2 is 2.36 bits per heavy atom. The van der Waals surface area contributed by atoms with Crippen molar-refractivity contribution in [1.82, 2.24) is 5.32 Å². The molecule has 0 aliphatic carbocycles. The molecule has 0 saturated heterocycles. The molecule has 0 aliphatic rings. The standard InChI is InChI=1S/C12H17NS/c1-3-8-14-12-7-5-6-11(9-12)10-13-4-2/h3,5-7,9,13H,1,4,8,10H2,2H3. The lowest BCUT2D eigenvalue weighted by Crippen LogP contribution is -2.11. The van der Waals surface area contributed by atoms with Gasteiger partial charge in [0, 0.05) is 17.2 Å². The van der Waals surface area contributed by atoms with E-state index in [9.17, 15) is 0 Å². The van der Waals surface area contributed by atoms with Crippen LogP contribution in [-0.4, -0.2) is 12.3 Å². The van der Waals surface area contributed by atoms with E-state index in [2.05, 4.69) is 43.1 Å². The second-order valence-corrected chi connectivity index (χ2v) is 4.12. The van der Waals surface area contributed by atoms with Crippen molar-refractivity contribution in [2.75, 3.05) is 12.3 Å². The zero-order valence-electron chi connectivity index (χ0n) is 8.62. The summed E-state index contributed by atoms with van der Waals surface area (Å²) in [5.41, 5.74) is 1.35. The van der Waals surface area contributed by atoms with E-state index in [-0.39, 0.29) is 0 Å². The van der Waals surface area contributed by atoms with Crippen molar-refractivity contribution < 1.29 is 0 Å². The first-order valence-corrected chi connectivity index (χ1v) is 5.88. The fraction of sp³-hybridized carbons (Fsp3) is 0.333. The summed E-state index contributed by atoms with van der Waals surface area (Å²) in [5, 5.41) is 3.32. The molecule has 14 heavy (non-hydrogen) atoms. The van der Waals surface area contributed by atoms with E-state index < -0.39 is 0 Å². The molecule has 0 unspecified atom stereocenters. The molecule has 1 aromatic rings. The van der Waals surface area contributed by atoms with E-state index in [1.807, 2.05) is 17.8 Å². The summed E-state index contributed by atoms with van der Waals surface area (Å²) in [4.78, 5) is 1.32. The molecule has 0 atom stereocenters. The van der Waals surface area contributed by atoms with Gasteiger partial charge in [0.2, 0.25) is 0 Å². The van der Waals surface area contributed by atoms with E-state index in [4.69, 9.17) is 0 Å². The second kappa shape index (κ2) is 6.68. The van der Waals surface area contributed by atoms with Crippen LogP contribution in [0.25, 0.3) is 0 Å². The number of rotatable bonds is 6. The van der Waals surface area contributed by atoms with Gasteiger partial charge in [-0.15, -0.1) is 18.3 Å². The van der Waals surface area contributed by atoms with Crippen molar-refractivity contribution >= 4 is 11.8 Å². The molecule has 1 N–H and O–H groups in total. The van der Waals surface area contributed by atoms with Crippen LogP contribution in [0, 0.1) is 0 Å². The molecular weight excluding hydrogens is 190 g/mol. The molecule has 76 valence electrons. The Morgan fingerprint density at radius 1 is 1.50 bits per heavy atom. The molecule has 0 saturated carbocycles. The van der Waals surface area contributed by atoms with Crippen LogP contribution in [0.1, 0.15) is 12.5 Å². The van der Waals surface area contributed by atoms with Gasteiger partial charge in [-0.3, -0.25) is 0 Å². The summed E-state index contributed by atoms with van der Waals surface area (Å²) in [6.07, 6.45) is 1.93. The van der Waals surface area contributed by atoms with Crippen LogP contribution in [0.3, 0.4) is 0 Å². The van der Waals surface area contributed by atoms with Gasteiger partial charge in [0.05, 0.1) is 0 Å². The van der Waals surface area contributed by atoms with Gasteiger partial charge in [-0.2, -0.15) is 0 Å². The average Bonchev–Trinajstić information content (AvgIpc) is 2.24. The minimum absolute atomic E-state index is 0.957. The Bertz CT molecular complexity index is 283. The highest BCUT2D eigenvalue weighted by Crippen LogP contribution is 2.18. The largest absolute Gasteiger partial charge is 0.313 e. The van der Waals surface area contributed by atoms with Crippen LogP contribution in [0.5, 0.6) is 0 Å². The highest BCUT2D eigenvalue weighted by atomic mass is 32.2. The van der Waals surface area contributed by atoms with Gasteiger partial charge >= 0.3 is 0 Å². The molecule has 0 fully saturated rings. The summed E-state index contributed by atoms with van der Waals surface area (Å²) < 4.78 is 0. The van der Waals surface area contributed by atoms with Gasteiger partial charge in [-0.05, 0) is 24.2 Å². The zero-order chi connectivity index (χ0) is 10.2. The molecule has 0 spiro atoms. The Balaban J connectivity index is 2.54. The maximum Gasteiger partial charge on any atom is 0.0205 e. The minimum Gasteiger partial charge on any atom is -0.313 e. The lowest BCUT2D eigenvalue weighted by molar-refractivity contribution is 0.725. The summed E-state index contributed by atoms with van der Waals surface area (Å²) in [6.45, 7) is 7.81. The third-order valence-corrected chi connectivity index (χ3v) is 2.84. The van der Waals surface area contributed by atoms with Crippen LogP contribution in [0.2, 0.25) is 0 Å². The lowest BCUT2D eigenvalue weighted by Gasteiger charge is -2.04. The molecular formula is C12H17NS. The van der Waals surface area contributed by atoms with Crippen LogP contribution in [0.4, 0.5) is 0 Å². The SMILES string of the molecule is C=CCSc1cccc(CNCC)c1. The number of thioether (sulfide) groups is 1. The predicted octanol–water partition coefficient (Wildman–Crippen LogP) is 3.07. The van der Waals surface area contributed by atoms with Crippen molar-refractivity contribution in [2.24, 2.45) is 0 Å². The Hall–Kier alpha value is -0.730. The molecule has 0 aliphatic heterocycles. The molecule has 0 amide bonds. The van der Waals surface area contributed by atoms with Crippen molar-refractivity contribution in [3.05, 3.63) is 42.5 Å². The summed E-state index contributed by atoms with van der Waals surface area (Å²) in [5.74, 6) is 0.977. The zero-order valence-corrected chi connectivity index (χ0v) is 9.44. The number of hydrogen-bond donors (Lipinski definition) is 1. The van der Waals surface area contributed by atoms with E-state index in [1.54, 1.807) is 0 Å². The molecule has 1 nitrogen and oxygen atoms in total. The molecule has 0 bridgehead atoms. The second-order valence-electron chi connectivity index (χ2n) is 3.03. The first-order valence-electron chi connectivity index (χ1n) is 4.90. The van der Waals surface area contributed by atoms with Gasteiger partial charge in [0.1, 0.15) is 0 Å². The average molecular weight is 207 g/mol. The van der Waals surface area contributed by atoms with Crippen molar-refractivity contribution in [3.8, 4) is 0 Å². The fourth-order valence-electron chi connectivity index (χ4n) is 1.17. The predicted molar refractivity (Wildman–Crippen MR) is 64.7 cm³/mol. The Kier molecular flexibility index (Phi) is 5.42. The monoisotopic (exact) mass is 207 g/mol. The van der Waals surface area contributed by atoms with E-state index in [1.165, 1.54) is 10.5 Å². The molecule has 0 aromatic heterocycles. The fourth-order valence-corrected chi connectivity index (χ4v) is 1.89. The van der Waals surface area contributed by atoms with E-state index in [0.717, 1.165) is 18.8 Å². The number of benzene rings is 1. The van der Waals surface area contributed by atoms with Crippen molar-refractivity contribution in [3.63, 3.8) is 0 Å². The minimum atomic E-state index is 0.957. The molecule has 0 radical (unpaired) electrons. The normalized spacial score (nSPS) is 10.1. The maximum atomic E-state index is 3.71. The topological polar surface area (TPSA) is 12.0 Å². The first-order chi connectivity index (χ1) is 6.86. The van der Waals surface area contributed by atoms with Gasteiger partial charge in [-0.25, -0.2) is 0 Å². The molecule has 2 heteroatoms. The van der Waals surface area contributed by atoms with E-state index in [0.29, 0.717) is 0 Å². The van der Waals surface area contributed by atoms with Gasteiger partial charge in [-0.1, -0.05) is 25.1 Å². The number of hydrogen-bond acceptors (Lipinski definition) is 2. The van der Waals surface area contributed by atoms with Gasteiger partial charge in [0.25, 0.3) is 0 Å². The van der Waals surface area contributed by atoms with Gasteiger partial charge < -0.3 is 5.32 Å². The van der Waals surface area contributed by atoms with Crippen LogP contribution < -0.4 is 5.32 Å². The quantitative estimate of drug-likeness (QED) is 0.568. The van der Waals surface area contributed by atoms with Crippen molar-refractivity contribution in [1.29, 1.82) is 0 Å². The smallest absolute Gasteiger partial charge is 0.0205 e. The van der Waals surface area contributed by atoms with E-state index >= 15 is 0 Å². The maximum absolute atomic E-state index is 3.71. The lowest BCUT2D eigenvalue weighted by atomic mass is 10.2. The third-order valence-electron chi connectivity index (χ3n) is 1.85. The third kappa shape index (κ3) is 3.99. The van der Waals surface area contributed by atoms with Gasteiger partial charge in [0.15, 0.2) is 0 Å². The Morgan fingerprint density at radius 3 is 3.07 bits per heavy atom. The molecule has 1 aromatic carbocycles.